The van der Waals surface area contributed by atoms with E-state index >= 15 is 0 Å². The van der Waals surface area contributed by atoms with Crippen molar-refractivity contribution >= 4 is 5.82 Å². The zero-order valence-electron chi connectivity index (χ0n) is 8.84. The fraction of sp³-hybridized carbons (Fsp3) is 0.0833. The second kappa shape index (κ2) is 4.53. The Kier molecular flexibility index (Phi) is 2.91. The molecule has 0 bridgehead atoms. The Morgan fingerprint density at radius 2 is 2.06 bits per heavy atom. The molecule has 0 saturated carbocycles. The summed E-state index contributed by atoms with van der Waals surface area (Å²) in [7, 11) is 0. The van der Waals surface area contributed by atoms with Gasteiger partial charge in [-0.15, -0.1) is 0 Å². The van der Waals surface area contributed by atoms with E-state index in [4.69, 9.17) is 10.5 Å². The van der Waals surface area contributed by atoms with Crippen molar-refractivity contribution in [3.05, 3.63) is 54.9 Å². The van der Waals surface area contributed by atoms with E-state index in [1.165, 1.54) is 6.26 Å². The Balaban J connectivity index is 2.07. The minimum absolute atomic E-state index is 0.534. The maximum atomic E-state index is 5.53. The number of aromatic nitrogens is 2. The van der Waals surface area contributed by atoms with Gasteiger partial charge in [0.05, 0.1) is 12.8 Å². The molecule has 0 radical (unpaired) electrons. The second-order valence-corrected chi connectivity index (χ2v) is 3.37. The first kappa shape index (κ1) is 10.3. The number of hydrogen-bond acceptors (Lipinski definition) is 3. The predicted octanol–water partition coefficient (Wildman–Crippen LogP) is 2.04. The van der Waals surface area contributed by atoms with Crippen LogP contribution in [0, 0.1) is 0 Å². The van der Waals surface area contributed by atoms with E-state index < -0.39 is 0 Å². The summed E-state index contributed by atoms with van der Waals surface area (Å²) < 4.78 is 6.93. The molecule has 0 spiro atoms. The molecule has 0 fully saturated rings. The van der Waals surface area contributed by atoms with Gasteiger partial charge in [-0.25, -0.2) is 0 Å². The van der Waals surface area contributed by atoms with E-state index in [0.717, 1.165) is 11.3 Å². The van der Waals surface area contributed by atoms with Crippen molar-refractivity contribution in [2.75, 3.05) is 5.73 Å². The van der Waals surface area contributed by atoms with Gasteiger partial charge in [-0.2, -0.15) is 5.10 Å². The lowest BCUT2D eigenvalue weighted by atomic mass is 10.2. The minimum Gasteiger partial charge on any atom is -0.466 e. The normalized spacial score (nSPS) is 10.0. The van der Waals surface area contributed by atoms with Crippen LogP contribution in [-0.4, -0.2) is 9.78 Å². The molecule has 2 rings (SSSR count). The summed E-state index contributed by atoms with van der Waals surface area (Å²) in [6.07, 6.45) is 3.26. The Hall–Kier alpha value is -2.23. The number of hydrogen-bond donors (Lipinski definition) is 1. The lowest BCUT2D eigenvalue weighted by molar-refractivity contribution is 0.483. The average Bonchev–Trinajstić information content (AvgIpc) is 2.67. The molecule has 0 aliphatic rings. The highest BCUT2D eigenvalue weighted by molar-refractivity contribution is 5.29. The van der Waals surface area contributed by atoms with Crippen LogP contribution < -0.4 is 10.5 Å². The van der Waals surface area contributed by atoms with Crippen molar-refractivity contribution < 1.29 is 4.74 Å². The smallest absolute Gasteiger partial charge is 0.145 e. The summed E-state index contributed by atoms with van der Waals surface area (Å²) in [5.41, 5.74) is 6.67. The summed E-state index contributed by atoms with van der Waals surface area (Å²) in [4.78, 5) is 0. The molecule has 2 aromatic rings. The van der Waals surface area contributed by atoms with Crippen LogP contribution in [0.1, 0.15) is 5.56 Å². The molecule has 0 aliphatic heterocycles. The van der Waals surface area contributed by atoms with Gasteiger partial charge in [-0.1, -0.05) is 18.7 Å². The van der Waals surface area contributed by atoms with E-state index in [2.05, 4.69) is 11.7 Å². The molecule has 0 unspecified atom stereocenters. The molecular formula is C12H13N3O. The molecular weight excluding hydrogens is 202 g/mol. The highest BCUT2D eigenvalue weighted by Gasteiger charge is 1.97. The van der Waals surface area contributed by atoms with E-state index in [9.17, 15) is 0 Å². The van der Waals surface area contributed by atoms with Crippen LogP contribution in [0.15, 0.2) is 49.4 Å². The van der Waals surface area contributed by atoms with Crippen LogP contribution in [0.5, 0.6) is 5.75 Å². The standard InChI is InChI=1S/C12H13N3O/c1-2-16-11-5-3-10(4-6-11)9-15-8-7-12(13)14-15/h2-8H,1,9H2,(H2,13,14). The molecule has 2 N–H and O–H groups in total. The van der Waals surface area contributed by atoms with Crippen molar-refractivity contribution in [2.24, 2.45) is 0 Å². The fourth-order valence-electron chi connectivity index (χ4n) is 1.42. The predicted molar refractivity (Wildman–Crippen MR) is 63.0 cm³/mol. The van der Waals surface area contributed by atoms with E-state index in [-0.39, 0.29) is 0 Å². The van der Waals surface area contributed by atoms with Crippen molar-refractivity contribution in [1.29, 1.82) is 0 Å². The number of benzene rings is 1. The third-order valence-corrected chi connectivity index (χ3v) is 2.15. The first-order valence-electron chi connectivity index (χ1n) is 4.93. The van der Waals surface area contributed by atoms with Gasteiger partial charge < -0.3 is 10.5 Å². The molecule has 0 saturated heterocycles. The van der Waals surface area contributed by atoms with Crippen LogP contribution in [0.25, 0.3) is 0 Å². The van der Waals surface area contributed by atoms with Crippen molar-refractivity contribution in [2.45, 2.75) is 6.54 Å². The van der Waals surface area contributed by atoms with Crippen molar-refractivity contribution in [3.8, 4) is 5.75 Å². The Labute approximate surface area is 94.0 Å². The Bertz CT molecular complexity index is 473. The van der Waals surface area contributed by atoms with Gasteiger partial charge in [0.15, 0.2) is 0 Å². The van der Waals surface area contributed by atoms with Crippen LogP contribution in [0.3, 0.4) is 0 Å². The average molecular weight is 215 g/mol. The molecule has 1 aromatic heterocycles. The van der Waals surface area contributed by atoms with Gasteiger partial charge in [0.1, 0.15) is 11.6 Å². The molecule has 0 amide bonds. The van der Waals surface area contributed by atoms with E-state index in [1.807, 2.05) is 30.5 Å². The van der Waals surface area contributed by atoms with E-state index in [0.29, 0.717) is 12.4 Å². The number of nitrogen functional groups attached to an aromatic ring is 1. The summed E-state index contributed by atoms with van der Waals surface area (Å²) in [5.74, 6) is 1.31. The SMILES string of the molecule is C=COc1ccc(Cn2ccc(N)n2)cc1. The highest BCUT2D eigenvalue weighted by Crippen LogP contribution is 2.13. The number of anilines is 1. The Morgan fingerprint density at radius 1 is 1.31 bits per heavy atom. The number of nitrogens with two attached hydrogens (primary N) is 1. The van der Waals surface area contributed by atoms with Gasteiger partial charge >= 0.3 is 0 Å². The largest absolute Gasteiger partial charge is 0.466 e. The molecule has 16 heavy (non-hydrogen) atoms. The number of ether oxygens (including phenoxy) is 1. The van der Waals surface area contributed by atoms with Gasteiger partial charge in [-0.3, -0.25) is 4.68 Å². The van der Waals surface area contributed by atoms with Gasteiger partial charge in [0.25, 0.3) is 0 Å². The first-order chi connectivity index (χ1) is 7.78. The van der Waals surface area contributed by atoms with E-state index in [1.54, 1.807) is 10.7 Å². The third-order valence-electron chi connectivity index (χ3n) is 2.15. The Morgan fingerprint density at radius 3 is 2.62 bits per heavy atom. The van der Waals surface area contributed by atoms with Crippen LogP contribution in [0.4, 0.5) is 5.82 Å². The number of nitrogens with zero attached hydrogens (tertiary/aromatic N) is 2. The van der Waals surface area contributed by atoms with Gasteiger partial charge in [-0.05, 0) is 23.8 Å². The molecule has 1 heterocycles. The first-order valence-corrected chi connectivity index (χ1v) is 4.93. The third kappa shape index (κ3) is 2.42. The fourth-order valence-corrected chi connectivity index (χ4v) is 1.42. The summed E-state index contributed by atoms with van der Waals surface area (Å²) in [6, 6.07) is 9.52. The van der Waals surface area contributed by atoms with Crippen LogP contribution in [-0.2, 0) is 6.54 Å². The zero-order chi connectivity index (χ0) is 11.4. The quantitative estimate of drug-likeness (QED) is 0.794. The highest BCUT2D eigenvalue weighted by atomic mass is 16.5. The second-order valence-electron chi connectivity index (χ2n) is 3.37. The van der Waals surface area contributed by atoms with Crippen molar-refractivity contribution in [1.82, 2.24) is 9.78 Å². The monoisotopic (exact) mass is 215 g/mol. The molecule has 0 atom stereocenters. The van der Waals surface area contributed by atoms with Gasteiger partial charge in [0, 0.05) is 6.20 Å². The summed E-state index contributed by atoms with van der Waals surface area (Å²) in [6.45, 7) is 4.20. The minimum atomic E-state index is 0.534. The lowest BCUT2D eigenvalue weighted by Crippen LogP contribution is -2.00. The zero-order valence-corrected chi connectivity index (χ0v) is 8.84. The molecule has 4 nitrogen and oxygen atoms in total. The van der Waals surface area contributed by atoms with Crippen LogP contribution in [0.2, 0.25) is 0 Å². The molecule has 0 aliphatic carbocycles. The number of rotatable bonds is 4. The molecule has 1 aromatic carbocycles. The topological polar surface area (TPSA) is 53.1 Å². The summed E-state index contributed by atoms with van der Waals surface area (Å²) >= 11 is 0. The maximum Gasteiger partial charge on any atom is 0.145 e. The van der Waals surface area contributed by atoms with Gasteiger partial charge in [0.2, 0.25) is 0 Å². The maximum absolute atomic E-state index is 5.53. The van der Waals surface area contributed by atoms with Crippen LogP contribution >= 0.6 is 0 Å². The lowest BCUT2D eigenvalue weighted by Gasteiger charge is -2.03. The van der Waals surface area contributed by atoms with Crippen molar-refractivity contribution in [3.63, 3.8) is 0 Å². The molecule has 82 valence electrons. The molecule has 4 heteroatoms. The summed E-state index contributed by atoms with van der Waals surface area (Å²) in [5, 5.41) is 4.11.